The number of nitrogens with one attached hydrogen (secondary N) is 2. The van der Waals surface area contributed by atoms with Gasteiger partial charge in [0.2, 0.25) is 0 Å². The van der Waals surface area contributed by atoms with Crippen molar-refractivity contribution in [3.05, 3.63) is 51.9 Å². The normalized spacial score (nSPS) is 17.9. The van der Waals surface area contributed by atoms with Gasteiger partial charge in [0.1, 0.15) is 4.21 Å². The molecule has 1 aliphatic heterocycles. The number of carbonyl (C=O) groups is 1. The monoisotopic (exact) mass is 483 g/mol. The van der Waals surface area contributed by atoms with Gasteiger partial charge in [0, 0.05) is 34.6 Å². The number of carbonyl (C=O) groups excluding carboxylic acids is 1. The molecule has 2 N–H and O–H groups in total. The molecule has 1 unspecified atom stereocenters. The van der Waals surface area contributed by atoms with Crippen molar-refractivity contribution in [2.75, 3.05) is 19.6 Å². The van der Waals surface area contributed by atoms with Crippen LogP contribution >= 0.6 is 22.9 Å². The lowest BCUT2D eigenvalue weighted by molar-refractivity contribution is 0.0951. The maximum absolute atomic E-state index is 13.1. The molecule has 0 aliphatic carbocycles. The van der Waals surface area contributed by atoms with Crippen LogP contribution in [0.1, 0.15) is 54.3 Å². The van der Waals surface area contributed by atoms with E-state index in [0.717, 1.165) is 43.5 Å². The van der Waals surface area contributed by atoms with Crippen molar-refractivity contribution < 1.29 is 13.2 Å². The average Bonchev–Trinajstić information content (AvgIpc) is 3.12. The third-order valence-corrected chi connectivity index (χ3v) is 9.11. The molecule has 1 aromatic heterocycles. The smallest absolute Gasteiger partial charge is 0.252 e. The molecule has 170 valence electrons. The maximum Gasteiger partial charge on any atom is 0.252 e. The van der Waals surface area contributed by atoms with Gasteiger partial charge in [0.25, 0.3) is 15.9 Å². The van der Waals surface area contributed by atoms with Crippen LogP contribution in [0.25, 0.3) is 0 Å². The number of hydrogen-bond donors (Lipinski definition) is 2. The number of benzene rings is 1. The van der Waals surface area contributed by atoms with Gasteiger partial charge >= 0.3 is 0 Å². The lowest BCUT2D eigenvalue weighted by Gasteiger charge is -2.19. The van der Waals surface area contributed by atoms with Crippen LogP contribution in [0.3, 0.4) is 0 Å². The first-order valence-corrected chi connectivity index (χ1v) is 13.4. The van der Waals surface area contributed by atoms with E-state index in [2.05, 4.69) is 17.6 Å². The van der Waals surface area contributed by atoms with Gasteiger partial charge in [-0.05, 0) is 68.6 Å². The van der Waals surface area contributed by atoms with E-state index in [1.165, 1.54) is 11.3 Å². The molecule has 31 heavy (non-hydrogen) atoms. The Labute approximate surface area is 194 Å². The first-order valence-electron chi connectivity index (χ1n) is 10.8. The van der Waals surface area contributed by atoms with Crippen molar-refractivity contribution in [2.45, 2.75) is 55.8 Å². The zero-order chi connectivity index (χ0) is 22.3. The fourth-order valence-electron chi connectivity index (χ4n) is 3.59. The highest BCUT2D eigenvalue weighted by Crippen LogP contribution is 2.27. The first kappa shape index (κ1) is 24.2. The van der Waals surface area contributed by atoms with Gasteiger partial charge < -0.3 is 10.6 Å². The highest BCUT2D eigenvalue weighted by atomic mass is 35.5. The second-order valence-corrected chi connectivity index (χ2v) is 11.5. The van der Waals surface area contributed by atoms with Crippen molar-refractivity contribution in [1.29, 1.82) is 0 Å². The second kappa shape index (κ2) is 11.4. The van der Waals surface area contributed by atoms with Gasteiger partial charge in [-0.25, -0.2) is 8.42 Å². The van der Waals surface area contributed by atoms with Gasteiger partial charge in [-0.2, -0.15) is 4.31 Å². The predicted octanol–water partition coefficient (Wildman–Crippen LogP) is 4.26. The summed E-state index contributed by atoms with van der Waals surface area (Å²) in [6.07, 6.45) is 4.99. The fraction of sp³-hybridized carbons (Fsp3) is 0.500. The molecule has 0 saturated carbocycles. The quantitative estimate of drug-likeness (QED) is 0.522. The molecule has 1 amide bonds. The minimum absolute atomic E-state index is 0.219. The number of unbranched alkanes of at least 4 members (excludes halogenated alkanes) is 1. The largest absolute Gasteiger partial charge is 0.347 e. The number of sulfonamides is 1. The highest BCUT2D eigenvalue weighted by Gasteiger charge is 2.28. The number of amides is 1. The molecule has 1 aromatic carbocycles. The Hall–Kier alpha value is -1.45. The van der Waals surface area contributed by atoms with Crippen molar-refractivity contribution >= 4 is 38.9 Å². The summed E-state index contributed by atoms with van der Waals surface area (Å²) < 4.78 is 28.2. The molecule has 1 aliphatic rings. The molecule has 9 heteroatoms. The zero-order valence-corrected chi connectivity index (χ0v) is 20.2. The van der Waals surface area contributed by atoms with Crippen LogP contribution in [0, 0.1) is 0 Å². The summed E-state index contributed by atoms with van der Waals surface area (Å²) >= 11 is 7.07. The third kappa shape index (κ3) is 6.76. The number of thiophene rings is 1. The van der Waals surface area contributed by atoms with E-state index in [9.17, 15) is 13.2 Å². The predicted molar refractivity (Wildman–Crippen MR) is 126 cm³/mol. The summed E-state index contributed by atoms with van der Waals surface area (Å²) in [5.74, 6) is -0.219. The molecule has 1 saturated heterocycles. The molecule has 1 fully saturated rings. The second-order valence-electron chi connectivity index (χ2n) is 7.75. The Morgan fingerprint density at radius 2 is 1.94 bits per heavy atom. The van der Waals surface area contributed by atoms with E-state index < -0.39 is 10.0 Å². The van der Waals surface area contributed by atoms with E-state index in [4.69, 9.17) is 11.6 Å². The van der Waals surface area contributed by atoms with E-state index in [-0.39, 0.29) is 12.5 Å². The molecule has 2 heterocycles. The summed E-state index contributed by atoms with van der Waals surface area (Å²) in [5.41, 5.74) is 0.514. The summed E-state index contributed by atoms with van der Waals surface area (Å²) in [6.45, 7) is 4.53. The lowest BCUT2D eigenvalue weighted by atomic mass is 10.1. The molecule has 0 spiro atoms. The van der Waals surface area contributed by atoms with E-state index in [0.29, 0.717) is 33.9 Å². The van der Waals surface area contributed by atoms with Gasteiger partial charge in [0.15, 0.2) is 0 Å². The Bertz CT molecular complexity index is 961. The Kier molecular flexibility index (Phi) is 8.92. The standard InChI is InChI=1S/C22H30ClN3O3S2/c1-2-3-13-24-19-5-4-14-26(15-12-19)31(28,29)21-11-10-20(30-21)16-25-22(27)17-6-8-18(23)9-7-17/h6-11,19,24H,2-5,12-16H2,1H3,(H,25,27). The third-order valence-electron chi connectivity index (χ3n) is 5.41. The SMILES string of the molecule is CCCCNC1CCCN(S(=O)(=O)c2ccc(CNC(=O)c3ccc(Cl)cc3)s2)CC1. The molecular formula is C22H30ClN3O3S2. The topological polar surface area (TPSA) is 78.5 Å². The molecule has 2 aromatic rings. The molecule has 6 nitrogen and oxygen atoms in total. The zero-order valence-electron chi connectivity index (χ0n) is 17.8. The number of nitrogens with zero attached hydrogens (tertiary/aromatic N) is 1. The van der Waals surface area contributed by atoms with Gasteiger partial charge in [-0.15, -0.1) is 11.3 Å². The van der Waals surface area contributed by atoms with Crippen LogP contribution < -0.4 is 10.6 Å². The summed E-state index contributed by atoms with van der Waals surface area (Å²) in [4.78, 5) is 13.1. The van der Waals surface area contributed by atoms with Crippen LogP contribution in [-0.2, 0) is 16.6 Å². The number of halogens is 1. The van der Waals surface area contributed by atoms with Crippen molar-refractivity contribution in [2.24, 2.45) is 0 Å². The fourth-order valence-corrected chi connectivity index (χ4v) is 6.66. The average molecular weight is 484 g/mol. The Morgan fingerprint density at radius 3 is 2.68 bits per heavy atom. The molecule has 0 bridgehead atoms. The van der Waals surface area contributed by atoms with Crippen molar-refractivity contribution in [3.63, 3.8) is 0 Å². The molecule has 1 atom stereocenters. The molecule has 3 rings (SSSR count). The highest BCUT2D eigenvalue weighted by molar-refractivity contribution is 7.91. The Balaban J connectivity index is 1.56. The minimum Gasteiger partial charge on any atom is -0.347 e. The molecular weight excluding hydrogens is 454 g/mol. The van der Waals surface area contributed by atoms with Crippen LogP contribution in [0.5, 0.6) is 0 Å². The van der Waals surface area contributed by atoms with Crippen LogP contribution in [0.4, 0.5) is 0 Å². The van der Waals surface area contributed by atoms with Crippen LogP contribution in [0.2, 0.25) is 5.02 Å². The molecule has 0 radical (unpaired) electrons. The number of rotatable bonds is 9. The van der Waals surface area contributed by atoms with Gasteiger partial charge in [0.05, 0.1) is 6.54 Å². The van der Waals surface area contributed by atoms with E-state index in [1.54, 1.807) is 40.7 Å². The maximum atomic E-state index is 13.1. The van der Waals surface area contributed by atoms with Gasteiger partial charge in [-0.1, -0.05) is 24.9 Å². The van der Waals surface area contributed by atoms with Gasteiger partial charge in [-0.3, -0.25) is 4.79 Å². The summed E-state index contributed by atoms with van der Waals surface area (Å²) in [7, 11) is -3.51. The summed E-state index contributed by atoms with van der Waals surface area (Å²) in [5, 5.41) is 6.96. The Morgan fingerprint density at radius 1 is 1.16 bits per heavy atom. The van der Waals surface area contributed by atoms with Crippen molar-refractivity contribution in [1.82, 2.24) is 14.9 Å². The first-order chi connectivity index (χ1) is 14.9. The summed E-state index contributed by atoms with van der Waals surface area (Å²) in [6, 6.07) is 10.4. The minimum atomic E-state index is -3.51. The number of hydrogen-bond acceptors (Lipinski definition) is 5. The van der Waals surface area contributed by atoms with E-state index in [1.807, 2.05) is 0 Å². The van der Waals surface area contributed by atoms with Crippen LogP contribution in [0.15, 0.2) is 40.6 Å². The lowest BCUT2D eigenvalue weighted by Crippen LogP contribution is -2.34. The van der Waals surface area contributed by atoms with Crippen molar-refractivity contribution in [3.8, 4) is 0 Å². The van der Waals surface area contributed by atoms with Crippen LogP contribution in [-0.4, -0.2) is 44.3 Å². The van der Waals surface area contributed by atoms with E-state index >= 15 is 0 Å².